The van der Waals surface area contributed by atoms with E-state index in [-0.39, 0.29) is 17.3 Å². The molecule has 1 aromatic rings. The van der Waals surface area contributed by atoms with Gasteiger partial charge in [-0.3, -0.25) is 0 Å². The summed E-state index contributed by atoms with van der Waals surface area (Å²) >= 11 is 3.24. The van der Waals surface area contributed by atoms with Gasteiger partial charge < -0.3 is 5.73 Å². The van der Waals surface area contributed by atoms with Crippen LogP contribution in [0.1, 0.15) is 6.42 Å². The smallest absolute Gasteiger partial charge is 0.240 e. The summed E-state index contributed by atoms with van der Waals surface area (Å²) in [4.78, 5) is 0.266. The lowest BCUT2D eigenvalue weighted by Crippen LogP contribution is -2.26. The second-order valence-electron chi connectivity index (χ2n) is 2.99. The van der Waals surface area contributed by atoms with Gasteiger partial charge in [-0.25, -0.2) is 13.1 Å². The number of sulfonamides is 1. The molecule has 0 saturated heterocycles. The Labute approximate surface area is 110 Å². The van der Waals surface area contributed by atoms with E-state index in [1.54, 1.807) is 24.3 Å². The lowest BCUT2D eigenvalue weighted by Gasteiger charge is -2.05. The average Bonchev–Trinajstić information content (AvgIpc) is 2.18. The summed E-state index contributed by atoms with van der Waals surface area (Å²) < 4.78 is 26.6. The van der Waals surface area contributed by atoms with Crippen molar-refractivity contribution in [2.24, 2.45) is 5.73 Å². The summed E-state index contributed by atoms with van der Waals surface area (Å²) in [7, 11) is -3.38. The zero-order valence-electron chi connectivity index (χ0n) is 8.52. The van der Waals surface area contributed by atoms with Crippen LogP contribution < -0.4 is 10.5 Å². The number of benzene rings is 1. The summed E-state index contributed by atoms with van der Waals surface area (Å²) in [6.07, 6.45) is 0.635. The molecule has 0 saturated carbocycles. The van der Waals surface area contributed by atoms with E-state index in [0.717, 1.165) is 4.47 Å². The van der Waals surface area contributed by atoms with Gasteiger partial charge in [0.25, 0.3) is 0 Å². The Morgan fingerprint density at radius 1 is 1.25 bits per heavy atom. The molecule has 0 heterocycles. The van der Waals surface area contributed by atoms with Crippen molar-refractivity contribution in [2.45, 2.75) is 11.3 Å². The highest BCUT2D eigenvalue weighted by atomic mass is 79.9. The predicted molar refractivity (Wildman–Crippen MR) is 70.2 cm³/mol. The molecule has 0 fully saturated rings. The minimum Gasteiger partial charge on any atom is -0.330 e. The molecule has 0 atom stereocenters. The average molecular weight is 330 g/mol. The third kappa shape index (κ3) is 4.80. The topological polar surface area (TPSA) is 72.2 Å². The van der Waals surface area contributed by atoms with E-state index in [9.17, 15) is 8.42 Å². The van der Waals surface area contributed by atoms with Gasteiger partial charge in [0, 0.05) is 11.0 Å². The van der Waals surface area contributed by atoms with Crippen LogP contribution in [0.25, 0.3) is 0 Å². The van der Waals surface area contributed by atoms with E-state index in [0.29, 0.717) is 19.5 Å². The van der Waals surface area contributed by atoms with Crippen molar-refractivity contribution in [3.63, 3.8) is 0 Å². The minimum atomic E-state index is -3.38. The molecule has 0 unspecified atom stereocenters. The van der Waals surface area contributed by atoms with Gasteiger partial charge in [0.1, 0.15) is 0 Å². The summed E-state index contributed by atoms with van der Waals surface area (Å²) in [5.41, 5.74) is 5.28. The van der Waals surface area contributed by atoms with Crippen molar-refractivity contribution in [1.82, 2.24) is 4.72 Å². The summed E-state index contributed by atoms with van der Waals surface area (Å²) in [5.74, 6) is 0. The Balaban J connectivity index is 0.00000225. The molecular formula is C9H14BrClN2O2S. The van der Waals surface area contributed by atoms with Crippen LogP contribution in [0.15, 0.2) is 33.6 Å². The van der Waals surface area contributed by atoms with E-state index in [2.05, 4.69) is 20.7 Å². The van der Waals surface area contributed by atoms with Crippen molar-refractivity contribution in [3.05, 3.63) is 28.7 Å². The molecular weight excluding hydrogens is 316 g/mol. The van der Waals surface area contributed by atoms with Crippen LogP contribution in [0, 0.1) is 0 Å². The fraction of sp³-hybridized carbons (Fsp3) is 0.333. The molecule has 0 radical (unpaired) electrons. The molecule has 4 nitrogen and oxygen atoms in total. The van der Waals surface area contributed by atoms with Gasteiger partial charge in [-0.15, -0.1) is 12.4 Å². The molecule has 0 amide bonds. The second kappa shape index (κ2) is 7.24. The largest absolute Gasteiger partial charge is 0.330 e. The zero-order valence-corrected chi connectivity index (χ0v) is 11.7. The van der Waals surface area contributed by atoms with Gasteiger partial charge in [0.05, 0.1) is 4.90 Å². The molecule has 92 valence electrons. The Bertz CT molecular complexity index is 408. The standard InChI is InChI=1S/C9H13BrN2O2S.ClH/c10-8-2-4-9(5-3-8)15(13,14)12-7-1-6-11;/h2-5,12H,1,6-7,11H2;1H. The highest BCUT2D eigenvalue weighted by molar-refractivity contribution is 9.10. The minimum absolute atomic E-state index is 0. The second-order valence-corrected chi connectivity index (χ2v) is 5.68. The highest BCUT2D eigenvalue weighted by Crippen LogP contribution is 2.14. The van der Waals surface area contributed by atoms with Gasteiger partial charge in [0.15, 0.2) is 0 Å². The van der Waals surface area contributed by atoms with E-state index < -0.39 is 10.0 Å². The van der Waals surface area contributed by atoms with E-state index in [4.69, 9.17) is 5.73 Å². The first-order chi connectivity index (χ1) is 7.06. The SMILES string of the molecule is Cl.NCCCNS(=O)(=O)c1ccc(Br)cc1. The Morgan fingerprint density at radius 3 is 2.31 bits per heavy atom. The number of nitrogens with two attached hydrogens (primary N) is 1. The first kappa shape index (κ1) is 15.9. The maximum absolute atomic E-state index is 11.7. The Morgan fingerprint density at radius 2 is 1.81 bits per heavy atom. The van der Waals surface area contributed by atoms with Crippen LogP contribution in [0.4, 0.5) is 0 Å². The third-order valence-corrected chi connectivity index (χ3v) is 3.80. The van der Waals surface area contributed by atoms with E-state index >= 15 is 0 Å². The lowest BCUT2D eigenvalue weighted by atomic mass is 10.4. The van der Waals surface area contributed by atoms with Crippen LogP contribution >= 0.6 is 28.3 Å². The summed E-state index contributed by atoms with van der Waals surface area (Å²) in [5, 5.41) is 0. The maximum atomic E-state index is 11.7. The normalized spacial score (nSPS) is 10.9. The number of hydrogen-bond acceptors (Lipinski definition) is 3. The molecule has 0 aliphatic heterocycles. The molecule has 3 N–H and O–H groups in total. The van der Waals surface area contributed by atoms with Crippen molar-refractivity contribution >= 4 is 38.4 Å². The van der Waals surface area contributed by atoms with Gasteiger partial charge in [-0.1, -0.05) is 15.9 Å². The maximum Gasteiger partial charge on any atom is 0.240 e. The summed E-state index contributed by atoms with van der Waals surface area (Å²) in [6, 6.07) is 6.48. The predicted octanol–water partition coefficient (Wildman–Crippen LogP) is 1.50. The molecule has 7 heteroatoms. The van der Waals surface area contributed by atoms with E-state index in [1.165, 1.54) is 0 Å². The van der Waals surface area contributed by atoms with E-state index in [1.807, 2.05) is 0 Å². The van der Waals surface area contributed by atoms with Crippen molar-refractivity contribution in [3.8, 4) is 0 Å². The third-order valence-electron chi connectivity index (χ3n) is 1.80. The zero-order chi connectivity index (χ0) is 11.3. The quantitative estimate of drug-likeness (QED) is 0.804. The first-order valence-electron chi connectivity index (χ1n) is 4.51. The van der Waals surface area contributed by atoms with Crippen LogP contribution in [-0.4, -0.2) is 21.5 Å². The highest BCUT2D eigenvalue weighted by Gasteiger charge is 2.11. The van der Waals surface area contributed by atoms with Gasteiger partial charge in [0.2, 0.25) is 10.0 Å². The number of rotatable bonds is 5. The molecule has 0 aromatic heterocycles. The van der Waals surface area contributed by atoms with Crippen molar-refractivity contribution in [2.75, 3.05) is 13.1 Å². The van der Waals surface area contributed by atoms with Crippen LogP contribution in [0.2, 0.25) is 0 Å². The Kier molecular flexibility index (Phi) is 7.17. The fourth-order valence-electron chi connectivity index (χ4n) is 1.01. The molecule has 0 aliphatic carbocycles. The van der Waals surface area contributed by atoms with Gasteiger partial charge in [-0.05, 0) is 37.2 Å². The molecule has 1 aromatic carbocycles. The molecule has 0 spiro atoms. The van der Waals surface area contributed by atoms with Gasteiger partial charge >= 0.3 is 0 Å². The molecule has 16 heavy (non-hydrogen) atoms. The van der Waals surface area contributed by atoms with Gasteiger partial charge in [-0.2, -0.15) is 0 Å². The first-order valence-corrected chi connectivity index (χ1v) is 6.79. The lowest BCUT2D eigenvalue weighted by molar-refractivity contribution is 0.579. The van der Waals surface area contributed by atoms with Crippen LogP contribution in [0.5, 0.6) is 0 Å². The number of halogens is 2. The monoisotopic (exact) mass is 328 g/mol. The summed E-state index contributed by atoms with van der Waals surface area (Å²) in [6.45, 7) is 0.845. The fourth-order valence-corrected chi connectivity index (χ4v) is 2.34. The van der Waals surface area contributed by atoms with Crippen LogP contribution in [-0.2, 0) is 10.0 Å². The number of hydrogen-bond donors (Lipinski definition) is 2. The van der Waals surface area contributed by atoms with Crippen molar-refractivity contribution < 1.29 is 8.42 Å². The molecule has 0 aliphatic rings. The van der Waals surface area contributed by atoms with Crippen LogP contribution in [0.3, 0.4) is 0 Å². The number of nitrogens with one attached hydrogen (secondary N) is 1. The Hall–Kier alpha value is -0.140. The molecule has 1 rings (SSSR count). The molecule has 0 bridgehead atoms. The van der Waals surface area contributed by atoms with Crippen molar-refractivity contribution in [1.29, 1.82) is 0 Å².